The molecular formula is C31H32N4O3. The number of para-hydroxylation sites is 1. The minimum atomic E-state index is -0.523. The fraction of sp³-hybridized carbons (Fsp3) is 0.290. The number of aromatic nitrogens is 2. The number of hydrogen-bond acceptors (Lipinski definition) is 5. The monoisotopic (exact) mass is 508 g/mol. The van der Waals surface area contributed by atoms with Crippen LogP contribution in [0.5, 0.6) is 5.75 Å². The zero-order chi connectivity index (χ0) is 27.2. The maximum absolute atomic E-state index is 13.6. The molecule has 0 spiro atoms. The summed E-state index contributed by atoms with van der Waals surface area (Å²) >= 11 is 0. The van der Waals surface area contributed by atoms with E-state index in [4.69, 9.17) is 9.84 Å². The zero-order valence-electron chi connectivity index (χ0n) is 22.3. The first-order valence-corrected chi connectivity index (χ1v) is 13.0. The van der Waals surface area contributed by atoms with Gasteiger partial charge in [0.2, 0.25) is 0 Å². The highest BCUT2D eigenvalue weighted by Gasteiger charge is 2.35. The van der Waals surface area contributed by atoms with E-state index in [0.717, 1.165) is 35.4 Å². The average Bonchev–Trinajstić information content (AvgIpc) is 3.34. The van der Waals surface area contributed by atoms with E-state index in [1.54, 1.807) is 17.7 Å². The fourth-order valence-electron chi connectivity index (χ4n) is 4.55. The number of nitriles is 1. The van der Waals surface area contributed by atoms with E-state index in [0.29, 0.717) is 35.4 Å². The number of amides is 2. The van der Waals surface area contributed by atoms with E-state index in [1.165, 1.54) is 4.90 Å². The number of rotatable bonds is 9. The standard InChI is InChI=1S/C31H32N4O3/c1-5-7-11-16-34-30(36)26(22(4)27(19-32)31(34)37)18-24-20-35(25-12-9-8-10-13-25)33-29(24)23-14-15-28(38-6-2)21(3)17-23/h8-10,12-15,17-18,20H,5-7,11,16H2,1-4H3/b26-18+. The minimum absolute atomic E-state index is 0.00117. The van der Waals surface area contributed by atoms with Crippen molar-refractivity contribution in [1.82, 2.24) is 14.7 Å². The number of carbonyl (C=O) groups is 2. The summed E-state index contributed by atoms with van der Waals surface area (Å²) in [6.45, 7) is 8.51. The summed E-state index contributed by atoms with van der Waals surface area (Å²) in [6, 6.07) is 17.6. The van der Waals surface area contributed by atoms with Crippen molar-refractivity contribution in [3.63, 3.8) is 0 Å². The van der Waals surface area contributed by atoms with E-state index in [9.17, 15) is 14.9 Å². The first-order chi connectivity index (χ1) is 18.4. The van der Waals surface area contributed by atoms with Crippen LogP contribution in [-0.4, -0.2) is 39.6 Å². The zero-order valence-corrected chi connectivity index (χ0v) is 22.3. The lowest BCUT2D eigenvalue weighted by Crippen LogP contribution is -2.43. The van der Waals surface area contributed by atoms with E-state index < -0.39 is 5.91 Å². The molecule has 38 heavy (non-hydrogen) atoms. The van der Waals surface area contributed by atoms with Crippen molar-refractivity contribution >= 4 is 17.9 Å². The number of carbonyl (C=O) groups excluding carboxylic acids is 2. The Kier molecular flexibility index (Phi) is 8.22. The Morgan fingerprint density at radius 1 is 1.03 bits per heavy atom. The first kappa shape index (κ1) is 26.6. The number of aryl methyl sites for hydroxylation is 1. The maximum atomic E-state index is 13.6. The summed E-state index contributed by atoms with van der Waals surface area (Å²) in [6.07, 6.45) is 6.17. The Bertz CT molecular complexity index is 1460. The second-order valence-electron chi connectivity index (χ2n) is 9.27. The van der Waals surface area contributed by atoms with Gasteiger partial charge in [-0.1, -0.05) is 38.0 Å². The molecule has 4 rings (SSSR count). The van der Waals surface area contributed by atoms with Gasteiger partial charge in [-0.3, -0.25) is 14.5 Å². The van der Waals surface area contributed by atoms with Gasteiger partial charge in [0, 0.05) is 29.4 Å². The topological polar surface area (TPSA) is 88.2 Å². The molecule has 2 heterocycles. The van der Waals surface area contributed by atoms with Crippen LogP contribution in [0.4, 0.5) is 0 Å². The first-order valence-electron chi connectivity index (χ1n) is 13.0. The largest absolute Gasteiger partial charge is 0.494 e. The predicted octanol–water partition coefficient (Wildman–Crippen LogP) is 6.03. The molecule has 0 saturated carbocycles. The third-order valence-electron chi connectivity index (χ3n) is 6.62. The number of benzene rings is 2. The van der Waals surface area contributed by atoms with Crippen LogP contribution in [0.15, 0.2) is 71.4 Å². The van der Waals surface area contributed by atoms with Crippen molar-refractivity contribution in [3.05, 3.63) is 82.6 Å². The van der Waals surface area contributed by atoms with Crippen LogP contribution >= 0.6 is 0 Å². The Morgan fingerprint density at radius 2 is 1.79 bits per heavy atom. The van der Waals surface area contributed by atoms with Crippen molar-refractivity contribution in [2.75, 3.05) is 13.2 Å². The Labute approximate surface area is 223 Å². The van der Waals surface area contributed by atoms with E-state index >= 15 is 0 Å². The highest BCUT2D eigenvalue weighted by molar-refractivity contribution is 6.19. The third-order valence-corrected chi connectivity index (χ3v) is 6.62. The molecule has 0 atom stereocenters. The van der Waals surface area contributed by atoms with Gasteiger partial charge in [0.25, 0.3) is 11.8 Å². The predicted molar refractivity (Wildman–Crippen MR) is 147 cm³/mol. The van der Waals surface area contributed by atoms with Gasteiger partial charge in [0.1, 0.15) is 17.4 Å². The molecule has 7 nitrogen and oxygen atoms in total. The average molecular weight is 509 g/mol. The molecule has 0 aliphatic carbocycles. The molecule has 0 saturated heterocycles. The highest BCUT2D eigenvalue weighted by atomic mass is 16.5. The lowest BCUT2D eigenvalue weighted by atomic mass is 9.93. The summed E-state index contributed by atoms with van der Waals surface area (Å²) in [7, 11) is 0. The van der Waals surface area contributed by atoms with Crippen LogP contribution in [0.25, 0.3) is 23.0 Å². The second-order valence-corrected chi connectivity index (χ2v) is 9.27. The quantitative estimate of drug-likeness (QED) is 0.200. The normalized spacial score (nSPS) is 14.8. The SMILES string of the molecule is CCCCCN1C(=O)C(C#N)=C(C)/C(=C\c2cn(-c3ccccc3)nc2-c2ccc(OCC)c(C)c2)C1=O. The molecule has 0 fully saturated rings. The van der Waals surface area contributed by atoms with Crippen molar-refractivity contribution < 1.29 is 14.3 Å². The van der Waals surface area contributed by atoms with Gasteiger partial charge in [0.05, 0.1) is 18.0 Å². The van der Waals surface area contributed by atoms with Crippen molar-refractivity contribution in [2.45, 2.75) is 47.0 Å². The van der Waals surface area contributed by atoms with Crippen LogP contribution in [0.1, 0.15) is 51.2 Å². The van der Waals surface area contributed by atoms with E-state index in [1.807, 2.05) is 74.6 Å². The van der Waals surface area contributed by atoms with E-state index in [-0.39, 0.29) is 18.0 Å². The van der Waals surface area contributed by atoms with Crippen LogP contribution in [0.2, 0.25) is 0 Å². The van der Waals surface area contributed by atoms with Crippen molar-refractivity contribution in [1.29, 1.82) is 5.26 Å². The van der Waals surface area contributed by atoms with Crippen molar-refractivity contribution in [2.24, 2.45) is 0 Å². The van der Waals surface area contributed by atoms with Crippen molar-refractivity contribution in [3.8, 4) is 28.8 Å². The van der Waals surface area contributed by atoms with Crippen LogP contribution in [0, 0.1) is 18.3 Å². The summed E-state index contributed by atoms with van der Waals surface area (Å²) < 4.78 is 7.48. The highest BCUT2D eigenvalue weighted by Crippen LogP contribution is 2.33. The molecule has 2 amide bonds. The maximum Gasteiger partial charge on any atom is 0.271 e. The molecule has 0 N–H and O–H groups in total. The molecule has 194 valence electrons. The summed E-state index contributed by atoms with van der Waals surface area (Å²) in [5.41, 5.74) is 4.82. The summed E-state index contributed by atoms with van der Waals surface area (Å²) in [4.78, 5) is 27.7. The molecule has 2 aromatic carbocycles. The summed E-state index contributed by atoms with van der Waals surface area (Å²) in [5, 5.41) is 14.6. The van der Waals surface area contributed by atoms with Gasteiger partial charge in [-0.05, 0) is 74.7 Å². The number of imide groups is 1. The molecule has 0 radical (unpaired) electrons. The van der Waals surface area contributed by atoms with Gasteiger partial charge >= 0.3 is 0 Å². The fourth-order valence-corrected chi connectivity index (χ4v) is 4.55. The van der Waals surface area contributed by atoms with E-state index in [2.05, 4.69) is 6.92 Å². The summed E-state index contributed by atoms with van der Waals surface area (Å²) in [5.74, 6) is -0.103. The van der Waals surface area contributed by atoms with Gasteiger partial charge in [-0.25, -0.2) is 4.68 Å². The molecule has 3 aromatic rings. The number of nitrogens with zero attached hydrogens (tertiary/aromatic N) is 4. The molecular weight excluding hydrogens is 476 g/mol. The smallest absolute Gasteiger partial charge is 0.271 e. The molecule has 1 aliphatic rings. The molecule has 1 aliphatic heterocycles. The molecule has 7 heteroatoms. The lowest BCUT2D eigenvalue weighted by Gasteiger charge is -2.27. The Balaban J connectivity index is 1.87. The molecule has 0 bridgehead atoms. The van der Waals surface area contributed by atoms with Crippen LogP contribution in [0.3, 0.4) is 0 Å². The van der Waals surface area contributed by atoms with Crippen LogP contribution < -0.4 is 4.74 Å². The second kappa shape index (κ2) is 11.7. The van der Waals surface area contributed by atoms with Gasteiger partial charge < -0.3 is 4.74 Å². The Hall–Kier alpha value is -4.44. The van der Waals surface area contributed by atoms with Crippen LogP contribution in [-0.2, 0) is 9.59 Å². The minimum Gasteiger partial charge on any atom is -0.494 e. The lowest BCUT2D eigenvalue weighted by molar-refractivity contribution is -0.140. The van der Waals surface area contributed by atoms with Gasteiger partial charge in [-0.2, -0.15) is 10.4 Å². The van der Waals surface area contributed by atoms with Gasteiger partial charge in [0.15, 0.2) is 0 Å². The molecule has 1 aromatic heterocycles. The number of hydrogen-bond donors (Lipinski definition) is 0. The molecule has 0 unspecified atom stereocenters. The van der Waals surface area contributed by atoms with Gasteiger partial charge in [-0.15, -0.1) is 0 Å². The third kappa shape index (κ3) is 5.30. The number of unbranched alkanes of at least 4 members (excludes halogenated alkanes) is 2. The Morgan fingerprint density at radius 3 is 2.45 bits per heavy atom. The number of ether oxygens (including phenoxy) is 1.